The standard InChI is InChI=1S/C24H17Cl.C3H3N3/c25-21-16-14-19(15-17-21)23-13-7-12-22(18-8-3-1-4-9-18)24(23)20-10-5-2-6-11-20;1-4-2-6-3-5-1/h1-17H;1-3H. The van der Waals surface area contributed by atoms with Crippen molar-refractivity contribution >= 4 is 11.6 Å². The predicted octanol–water partition coefficient (Wildman–Crippen LogP) is 7.21. The molecule has 4 aromatic carbocycles. The second kappa shape index (κ2) is 10.3. The first-order valence-electron chi connectivity index (χ1n) is 9.87. The van der Waals surface area contributed by atoms with Crippen molar-refractivity contribution in [3.8, 4) is 33.4 Å². The number of halogens is 1. The molecule has 0 aliphatic heterocycles. The zero-order chi connectivity index (χ0) is 21.3. The van der Waals surface area contributed by atoms with Gasteiger partial charge in [-0.15, -0.1) is 0 Å². The maximum atomic E-state index is 6.08. The molecular weight excluding hydrogens is 402 g/mol. The molecule has 0 bridgehead atoms. The number of aromatic nitrogens is 3. The first-order valence-corrected chi connectivity index (χ1v) is 10.3. The van der Waals surface area contributed by atoms with E-state index in [1.165, 1.54) is 52.4 Å². The summed E-state index contributed by atoms with van der Waals surface area (Å²) in [6.07, 6.45) is 4.31. The number of benzene rings is 4. The summed E-state index contributed by atoms with van der Waals surface area (Å²) >= 11 is 6.08. The van der Waals surface area contributed by atoms with Gasteiger partial charge in [0.25, 0.3) is 0 Å². The zero-order valence-electron chi connectivity index (χ0n) is 16.8. The molecule has 0 atom stereocenters. The maximum absolute atomic E-state index is 6.08. The Morgan fingerprint density at radius 3 is 1.35 bits per heavy atom. The van der Waals surface area contributed by atoms with Crippen molar-refractivity contribution in [3.63, 3.8) is 0 Å². The molecular formula is C27H20ClN3. The molecule has 0 saturated heterocycles. The Hall–Kier alpha value is -3.82. The summed E-state index contributed by atoms with van der Waals surface area (Å²) in [4.78, 5) is 10.7. The first-order chi connectivity index (χ1) is 15.3. The summed E-state index contributed by atoms with van der Waals surface area (Å²) in [7, 11) is 0. The van der Waals surface area contributed by atoms with Crippen LogP contribution in [0.2, 0.25) is 5.02 Å². The molecule has 150 valence electrons. The van der Waals surface area contributed by atoms with Gasteiger partial charge in [-0.2, -0.15) is 0 Å². The van der Waals surface area contributed by atoms with Gasteiger partial charge in [0.05, 0.1) is 0 Å². The van der Waals surface area contributed by atoms with Gasteiger partial charge in [0, 0.05) is 5.02 Å². The van der Waals surface area contributed by atoms with Crippen LogP contribution in [-0.2, 0) is 0 Å². The highest BCUT2D eigenvalue weighted by Crippen LogP contribution is 2.40. The average Bonchev–Trinajstić information content (AvgIpc) is 2.87. The molecule has 0 aliphatic rings. The summed E-state index contributed by atoms with van der Waals surface area (Å²) < 4.78 is 0. The van der Waals surface area contributed by atoms with E-state index >= 15 is 0 Å². The summed E-state index contributed by atoms with van der Waals surface area (Å²) in [6, 6.07) is 35.6. The summed E-state index contributed by atoms with van der Waals surface area (Å²) in [6.45, 7) is 0. The lowest BCUT2D eigenvalue weighted by Crippen LogP contribution is -1.90. The number of hydrogen-bond acceptors (Lipinski definition) is 3. The van der Waals surface area contributed by atoms with E-state index in [2.05, 4.69) is 106 Å². The Balaban J connectivity index is 0.000000334. The van der Waals surface area contributed by atoms with Crippen LogP contribution in [0.1, 0.15) is 0 Å². The molecule has 5 rings (SSSR count). The highest BCUT2D eigenvalue weighted by atomic mass is 35.5. The fourth-order valence-corrected chi connectivity index (χ4v) is 3.53. The molecule has 0 amide bonds. The average molecular weight is 422 g/mol. The maximum Gasteiger partial charge on any atom is 0.119 e. The minimum Gasteiger partial charge on any atom is -0.225 e. The minimum atomic E-state index is 0.754. The molecule has 1 heterocycles. The van der Waals surface area contributed by atoms with E-state index in [-0.39, 0.29) is 0 Å². The molecule has 0 N–H and O–H groups in total. The van der Waals surface area contributed by atoms with Crippen LogP contribution in [0, 0.1) is 0 Å². The summed E-state index contributed by atoms with van der Waals surface area (Å²) in [5, 5.41) is 0.754. The molecule has 0 aliphatic carbocycles. The van der Waals surface area contributed by atoms with E-state index in [1.807, 2.05) is 12.1 Å². The van der Waals surface area contributed by atoms with Gasteiger partial charge in [0.1, 0.15) is 19.0 Å². The van der Waals surface area contributed by atoms with Gasteiger partial charge < -0.3 is 0 Å². The lowest BCUT2D eigenvalue weighted by atomic mass is 9.88. The van der Waals surface area contributed by atoms with E-state index in [4.69, 9.17) is 11.6 Å². The van der Waals surface area contributed by atoms with Crippen molar-refractivity contribution in [1.29, 1.82) is 0 Å². The van der Waals surface area contributed by atoms with Crippen molar-refractivity contribution in [2.45, 2.75) is 0 Å². The highest BCUT2D eigenvalue weighted by Gasteiger charge is 2.13. The minimum absolute atomic E-state index is 0.754. The normalized spacial score (nSPS) is 10.1. The van der Waals surface area contributed by atoms with E-state index in [9.17, 15) is 0 Å². The second-order valence-corrected chi connectivity index (χ2v) is 7.20. The van der Waals surface area contributed by atoms with Gasteiger partial charge in [0.15, 0.2) is 0 Å². The van der Waals surface area contributed by atoms with E-state index in [0.29, 0.717) is 0 Å². The van der Waals surface area contributed by atoms with Crippen LogP contribution in [0.5, 0.6) is 0 Å². The van der Waals surface area contributed by atoms with Gasteiger partial charge in [0.2, 0.25) is 0 Å². The lowest BCUT2D eigenvalue weighted by Gasteiger charge is -2.16. The van der Waals surface area contributed by atoms with Crippen LogP contribution in [0.25, 0.3) is 33.4 Å². The molecule has 1 aromatic heterocycles. The Kier molecular flexibility index (Phi) is 6.78. The SMILES string of the molecule is Clc1ccc(-c2cccc(-c3ccccc3)c2-c2ccccc2)cc1.c1ncncn1. The van der Waals surface area contributed by atoms with Crippen molar-refractivity contribution in [1.82, 2.24) is 15.0 Å². The van der Waals surface area contributed by atoms with Crippen LogP contribution in [0.15, 0.2) is 122 Å². The number of nitrogens with zero attached hydrogens (tertiary/aromatic N) is 3. The third-order valence-electron chi connectivity index (χ3n) is 4.77. The van der Waals surface area contributed by atoms with Crippen molar-refractivity contribution in [3.05, 3.63) is 127 Å². The fourth-order valence-electron chi connectivity index (χ4n) is 3.40. The van der Waals surface area contributed by atoms with Crippen molar-refractivity contribution in [2.75, 3.05) is 0 Å². The molecule has 0 spiro atoms. The van der Waals surface area contributed by atoms with E-state index in [1.54, 1.807) is 0 Å². The van der Waals surface area contributed by atoms with Gasteiger partial charge in [-0.25, -0.2) is 15.0 Å². The first kappa shape index (κ1) is 20.5. The number of rotatable bonds is 3. The lowest BCUT2D eigenvalue weighted by molar-refractivity contribution is 1.05. The van der Waals surface area contributed by atoms with Gasteiger partial charge in [-0.1, -0.05) is 103 Å². The topological polar surface area (TPSA) is 38.7 Å². The van der Waals surface area contributed by atoms with Crippen LogP contribution in [0.3, 0.4) is 0 Å². The van der Waals surface area contributed by atoms with E-state index in [0.717, 1.165) is 5.02 Å². The van der Waals surface area contributed by atoms with E-state index < -0.39 is 0 Å². The van der Waals surface area contributed by atoms with Crippen LogP contribution in [0.4, 0.5) is 0 Å². The predicted molar refractivity (Wildman–Crippen MR) is 128 cm³/mol. The molecule has 0 radical (unpaired) electrons. The summed E-state index contributed by atoms with van der Waals surface area (Å²) in [5.74, 6) is 0. The fraction of sp³-hybridized carbons (Fsp3) is 0. The number of hydrogen-bond donors (Lipinski definition) is 0. The molecule has 0 unspecified atom stereocenters. The third-order valence-corrected chi connectivity index (χ3v) is 5.02. The van der Waals surface area contributed by atoms with Crippen molar-refractivity contribution in [2.24, 2.45) is 0 Å². The second-order valence-electron chi connectivity index (χ2n) is 6.76. The Labute approximate surface area is 187 Å². The van der Waals surface area contributed by atoms with Gasteiger partial charge in [-0.05, 0) is 45.5 Å². The van der Waals surface area contributed by atoms with Crippen molar-refractivity contribution < 1.29 is 0 Å². The molecule has 4 heteroatoms. The smallest absolute Gasteiger partial charge is 0.119 e. The van der Waals surface area contributed by atoms with Gasteiger partial charge in [-0.3, -0.25) is 0 Å². The van der Waals surface area contributed by atoms with Gasteiger partial charge >= 0.3 is 0 Å². The molecule has 3 nitrogen and oxygen atoms in total. The quantitative estimate of drug-likeness (QED) is 0.309. The molecule has 0 saturated carbocycles. The molecule has 5 aromatic rings. The molecule has 31 heavy (non-hydrogen) atoms. The van der Waals surface area contributed by atoms with Crippen LogP contribution in [-0.4, -0.2) is 15.0 Å². The monoisotopic (exact) mass is 421 g/mol. The zero-order valence-corrected chi connectivity index (χ0v) is 17.5. The Bertz CT molecular complexity index is 1180. The Morgan fingerprint density at radius 2 is 0.871 bits per heavy atom. The Morgan fingerprint density at radius 1 is 0.419 bits per heavy atom. The highest BCUT2D eigenvalue weighted by molar-refractivity contribution is 6.30. The summed E-state index contributed by atoms with van der Waals surface area (Å²) in [5.41, 5.74) is 7.30. The largest absolute Gasteiger partial charge is 0.225 e. The van der Waals surface area contributed by atoms with Crippen LogP contribution < -0.4 is 0 Å². The third kappa shape index (κ3) is 5.21. The molecule has 0 fully saturated rings. The van der Waals surface area contributed by atoms with Crippen LogP contribution >= 0.6 is 11.6 Å².